The number of nitrogens with two attached hydrogens (primary N) is 1. The van der Waals surface area contributed by atoms with Crippen molar-refractivity contribution in [3.05, 3.63) is 35.5 Å². The number of halogens is 1. The second-order valence-electron chi connectivity index (χ2n) is 3.41. The van der Waals surface area contributed by atoms with Crippen LogP contribution < -0.4 is 5.73 Å². The summed E-state index contributed by atoms with van der Waals surface area (Å²) in [6.45, 7) is 0. The van der Waals surface area contributed by atoms with Crippen molar-refractivity contribution in [3.8, 4) is 0 Å². The van der Waals surface area contributed by atoms with Crippen LogP contribution in [0.4, 0.5) is 5.82 Å². The fourth-order valence-corrected chi connectivity index (χ4v) is 2.06. The summed E-state index contributed by atoms with van der Waals surface area (Å²) in [7, 11) is 0. The molecule has 0 saturated heterocycles. The molecule has 15 heavy (non-hydrogen) atoms. The average Bonchev–Trinajstić information content (AvgIpc) is 2.60. The molecule has 2 heterocycles. The van der Waals surface area contributed by atoms with Gasteiger partial charge in [0.25, 0.3) is 0 Å². The van der Waals surface area contributed by atoms with Gasteiger partial charge in [-0.3, -0.25) is 0 Å². The molecule has 3 rings (SSSR count). The first-order valence-electron chi connectivity index (χ1n) is 4.58. The molecule has 0 aliphatic rings. The largest absolute Gasteiger partial charge is 0.382 e. The normalized spacial score (nSPS) is 11.3. The standard InChI is InChI=1S/C11H8ClN3/c12-8-3-1-2-6-7-4-5-14-11(13)10(7)15-9(6)8/h1-5,15H,(H2,13,14). The summed E-state index contributed by atoms with van der Waals surface area (Å²) in [6.07, 6.45) is 1.70. The number of benzene rings is 1. The van der Waals surface area contributed by atoms with Gasteiger partial charge in [0.1, 0.15) is 5.82 Å². The Hall–Kier alpha value is -1.74. The van der Waals surface area contributed by atoms with Gasteiger partial charge in [-0.15, -0.1) is 0 Å². The second-order valence-corrected chi connectivity index (χ2v) is 3.81. The smallest absolute Gasteiger partial charge is 0.147 e. The van der Waals surface area contributed by atoms with Crippen molar-refractivity contribution in [3.63, 3.8) is 0 Å². The molecule has 2 aromatic heterocycles. The van der Waals surface area contributed by atoms with E-state index in [1.807, 2.05) is 24.3 Å². The lowest BCUT2D eigenvalue weighted by atomic mass is 10.2. The number of H-pyrrole nitrogens is 1. The second kappa shape index (κ2) is 2.87. The Bertz CT molecular complexity index is 601. The number of nitrogens with one attached hydrogen (secondary N) is 1. The third-order valence-corrected chi connectivity index (χ3v) is 2.85. The predicted octanol–water partition coefficient (Wildman–Crippen LogP) is 2.95. The highest BCUT2D eigenvalue weighted by atomic mass is 35.5. The van der Waals surface area contributed by atoms with Crippen molar-refractivity contribution in [2.45, 2.75) is 0 Å². The van der Waals surface area contributed by atoms with Gasteiger partial charge in [-0.25, -0.2) is 4.98 Å². The average molecular weight is 218 g/mol. The Kier molecular flexibility index (Phi) is 1.64. The van der Waals surface area contributed by atoms with Crippen LogP contribution in [0, 0.1) is 0 Å². The number of fused-ring (bicyclic) bond motifs is 3. The third kappa shape index (κ3) is 1.10. The van der Waals surface area contributed by atoms with Gasteiger partial charge in [-0.1, -0.05) is 23.7 Å². The number of pyridine rings is 1. The Morgan fingerprint density at radius 3 is 2.80 bits per heavy atom. The maximum absolute atomic E-state index is 6.09. The Balaban J connectivity index is 2.63. The summed E-state index contributed by atoms with van der Waals surface area (Å²) >= 11 is 6.09. The van der Waals surface area contributed by atoms with Crippen LogP contribution in [-0.4, -0.2) is 9.97 Å². The number of anilines is 1. The number of nitrogens with zero attached hydrogens (tertiary/aromatic N) is 1. The molecular formula is C11H8ClN3. The fraction of sp³-hybridized carbons (Fsp3) is 0. The molecule has 3 nitrogen and oxygen atoms in total. The molecule has 0 unspecified atom stereocenters. The quantitative estimate of drug-likeness (QED) is 0.608. The summed E-state index contributed by atoms with van der Waals surface area (Å²) in [6, 6.07) is 7.72. The molecule has 0 atom stereocenters. The number of nitrogen functional groups attached to an aromatic ring is 1. The molecule has 0 amide bonds. The van der Waals surface area contributed by atoms with Gasteiger partial charge in [0.05, 0.1) is 16.1 Å². The summed E-state index contributed by atoms with van der Waals surface area (Å²) in [4.78, 5) is 7.23. The van der Waals surface area contributed by atoms with E-state index in [9.17, 15) is 0 Å². The van der Waals surface area contributed by atoms with E-state index in [0.29, 0.717) is 10.8 Å². The van der Waals surface area contributed by atoms with Crippen LogP contribution in [0.3, 0.4) is 0 Å². The SMILES string of the molecule is Nc1nccc2c1[nH]c1c(Cl)cccc12. The lowest BCUT2D eigenvalue weighted by molar-refractivity contribution is 1.35. The topological polar surface area (TPSA) is 54.7 Å². The maximum Gasteiger partial charge on any atom is 0.147 e. The number of para-hydroxylation sites is 1. The lowest BCUT2D eigenvalue weighted by Crippen LogP contribution is -1.89. The minimum atomic E-state index is 0.500. The number of rotatable bonds is 0. The van der Waals surface area contributed by atoms with Crippen LogP contribution >= 0.6 is 11.6 Å². The molecule has 0 radical (unpaired) electrons. The molecule has 0 fully saturated rings. The molecule has 1 aromatic carbocycles. The highest BCUT2D eigenvalue weighted by Crippen LogP contribution is 2.31. The number of hydrogen-bond acceptors (Lipinski definition) is 2. The van der Waals surface area contributed by atoms with Gasteiger partial charge in [0.2, 0.25) is 0 Å². The lowest BCUT2D eigenvalue weighted by Gasteiger charge is -1.93. The van der Waals surface area contributed by atoms with Crippen LogP contribution in [0.2, 0.25) is 5.02 Å². The molecule has 4 heteroatoms. The molecular weight excluding hydrogens is 210 g/mol. The van der Waals surface area contributed by atoms with Gasteiger partial charge in [0.15, 0.2) is 0 Å². The van der Waals surface area contributed by atoms with Crippen LogP contribution in [0.1, 0.15) is 0 Å². The van der Waals surface area contributed by atoms with E-state index in [1.165, 1.54) is 0 Å². The van der Waals surface area contributed by atoms with Crippen LogP contribution in [0.25, 0.3) is 21.8 Å². The first-order valence-corrected chi connectivity index (χ1v) is 4.95. The van der Waals surface area contributed by atoms with E-state index in [2.05, 4.69) is 9.97 Å². The number of aromatic amines is 1. The third-order valence-electron chi connectivity index (χ3n) is 2.53. The number of hydrogen-bond donors (Lipinski definition) is 2. The Morgan fingerprint density at radius 2 is 1.93 bits per heavy atom. The van der Waals surface area contributed by atoms with Crippen molar-refractivity contribution in [2.75, 3.05) is 5.73 Å². The zero-order chi connectivity index (χ0) is 10.4. The molecule has 0 saturated carbocycles. The summed E-state index contributed by atoms with van der Waals surface area (Å²) in [5, 5.41) is 2.83. The monoisotopic (exact) mass is 217 g/mol. The zero-order valence-electron chi connectivity index (χ0n) is 7.79. The minimum Gasteiger partial charge on any atom is -0.382 e. The van der Waals surface area contributed by atoms with Gasteiger partial charge >= 0.3 is 0 Å². The summed E-state index contributed by atoms with van der Waals surface area (Å²) < 4.78 is 0. The molecule has 3 N–H and O–H groups in total. The maximum atomic E-state index is 6.09. The van der Waals surface area contributed by atoms with E-state index in [-0.39, 0.29) is 0 Å². The predicted molar refractivity (Wildman–Crippen MR) is 63.0 cm³/mol. The number of aromatic nitrogens is 2. The Morgan fingerprint density at radius 1 is 1.13 bits per heavy atom. The van der Waals surface area contributed by atoms with Gasteiger partial charge < -0.3 is 10.7 Å². The van der Waals surface area contributed by atoms with Crippen molar-refractivity contribution in [2.24, 2.45) is 0 Å². The molecule has 0 aliphatic carbocycles. The van der Waals surface area contributed by atoms with Crippen molar-refractivity contribution >= 4 is 39.2 Å². The van der Waals surface area contributed by atoms with E-state index >= 15 is 0 Å². The fourth-order valence-electron chi connectivity index (χ4n) is 1.83. The van der Waals surface area contributed by atoms with Crippen molar-refractivity contribution < 1.29 is 0 Å². The first kappa shape index (κ1) is 8.56. The Labute approximate surface area is 90.9 Å². The van der Waals surface area contributed by atoms with E-state index < -0.39 is 0 Å². The van der Waals surface area contributed by atoms with Crippen LogP contribution in [-0.2, 0) is 0 Å². The minimum absolute atomic E-state index is 0.500. The molecule has 0 bridgehead atoms. The molecule has 0 spiro atoms. The molecule has 74 valence electrons. The van der Waals surface area contributed by atoms with E-state index in [0.717, 1.165) is 21.8 Å². The van der Waals surface area contributed by atoms with Crippen LogP contribution in [0.5, 0.6) is 0 Å². The van der Waals surface area contributed by atoms with Crippen molar-refractivity contribution in [1.29, 1.82) is 0 Å². The van der Waals surface area contributed by atoms with Crippen LogP contribution in [0.15, 0.2) is 30.5 Å². The first-order chi connectivity index (χ1) is 7.27. The highest BCUT2D eigenvalue weighted by Gasteiger charge is 2.08. The molecule has 3 aromatic rings. The van der Waals surface area contributed by atoms with E-state index in [4.69, 9.17) is 17.3 Å². The summed E-state index contributed by atoms with van der Waals surface area (Å²) in [5.41, 5.74) is 7.54. The highest BCUT2D eigenvalue weighted by molar-refractivity contribution is 6.36. The molecule has 0 aliphatic heterocycles. The van der Waals surface area contributed by atoms with Gasteiger partial charge in [0, 0.05) is 17.0 Å². The van der Waals surface area contributed by atoms with Gasteiger partial charge in [-0.05, 0) is 12.1 Å². The van der Waals surface area contributed by atoms with Gasteiger partial charge in [-0.2, -0.15) is 0 Å². The van der Waals surface area contributed by atoms with Crippen molar-refractivity contribution in [1.82, 2.24) is 9.97 Å². The van der Waals surface area contributed by atoms with E-state index in [1.54, 1.807) is 6.20 Å². The summed E-state index contributed by atoms with van der Waals surface area (Å²) in [5.74, 6) is 0.500. The zero-order valence-corrected chi connectivity index (χ0v) is 8.55.